The van der Waals surface area contributed by atoms with Crippen LogP contribution < -0.4 is 5.32 Å². The lowest BCUT2D eigenvalue weighted by Crippen LogP contribution is -2.40. The van der Waals surface area contributed by atoms with Crippen LogP contribution in [0.1, 0.15) is 55.4 Å². The van der Waals surface area contributed by atoms with Gasteiger partial charge in [-0.05, 0) is 23.7 Å². The molecule has 0 aromatic rings. The molecule has 0 radical (unpaired) electrons. The fourth-order valence-corrected chi connectivity index (χ4v) is 3.18. The molecule has 0 heterocycles. The predicted octanol–water partition coefficient (Wildman–Crippen LogP) is 3.80. The lowest BCUT2D eigenvalue weighted by atomic mass is 10.1. The maximum atomic E-state index is 3.66. The monoisotopic (exact) mass is 327 g/mol. The van der Waals surface area contributed by atoms with E-state index in [1.165, 1.54) is 39.3 Å². The minimum absolute atomic E-state index is 0.751. The Balaban J connectivity index is 4.00. The first-order valence-corrected chi connectivity index (χ1v) is 9.86. The van der Waals surface area contributed by atoms with Crippen molar-refractivity contribution in [3.63, 3.8) is 0 Å². The lowest BCUT2D eigenvalue weighted by molar-refractivity contribution is 0.207. The van der Waals surface area contributed by atoms with Crippen molar-refractivity contribution in [2.45, 2.75) is 55.4 Å². The first-order chi connectivity index (χ1) is 10.7. The number of hydrogen-bond donors (Lipinski definition) is 1. The molecule has 0 bridgehead atoms. The molecule has 0 saturated heterocycles. The van der Waals surface area contributed by atoms with Crippen molar-refractivity contribution < 1.29 is 0 Å². The van der Waals surface area contributed by atoms with Gasteiger partial charge in [0.15, 0.2) is 0 Å². The molecule has 0 rings (SSSR count). The molecule has 0 unspecified atom stereocenters. The molecule has 0 aliphatic heterocycles. The predicted molar refractivity (Wildman–Crippen MR) is 105 cm³/mol. The van der Waals surface area contributed by atoms with Gasteiger partial charge in [0.2, 0.25) is 0 Å². The fourth-order valence-electron chi connectivity index (χ4n) is 3.18. The molecule has 0 saturated carbocycles. The van der Waals surface area contributed by atoms with E-state index in [-0.39, 0.29) is 0 Å². The summed E-state index contributed by atoms with van der Waals surface area (Å²) < 4.78 is 0. The van der Waals surface area contributed by atoms with Gasteiger partial charge in [-0.25, -0.2) is 0 Å². The minimum atomic E-state index is 0.751. The number of rotatable bonds is 14. The summed E-state index contributed by atoms with van der Waals surface area (Å²) in [5, 5.41) is 3.66. The summed E-state index contributed by atoms with van der Waals surface area (Å²) in [4.78, 5) is 5.23. The molecule has 0 aromatic heterocycles. The van der Waals surface area contributed by atoms with E-state index >= 15 is 0 Å². The van der Waals surface area contributed by atoms with Crippen LogP contribution in [0.2, 0.25) is 0 Å². The zero-order valence-corrected chi connectivity index (χ0v) is 17.4. The molecule has 0 atom stereocenters. The van der Waals surface area contributed by atoms with Crippen LogP contribution in [0.3, 0.4) is 0 Å². The lowest BCUT2D eigenvalue weighted by Gasteiger charge is -2.28. The third-order valence-corrected chi connectivity index (χ3v) is 3.70. The molecule has 0 spiro atoms. The Morgan fingerprint density at radius 1 is 0.522 bits per heavy atom. The van der Waals surface area contributed by atoms with E-state index in [0.29, 0.717) is 0 Å². The summed E-state index contributed by atoms with van der Waals surface area (Å²) in [6, 6.07) is 0. The Hall–Kier alpha value is -0.120. The zero-order valence-electron chi connectivity index (χ0n) is 17.4. The quantitative estimate of drug-likeness (QED) is 0.490. The zero-order chi connectivity index (χ0) is 17.8. The molecule has 0 aromatic carbocycles. The Kier molecular flexibility index (Phi) is 13.1. The highest BCUT2D eigenvalue weighted by molar-refractivity contribution is 4.67. The molecule has 0 aliphatic carbocycles. The van der Waals surface area contributed by atoms with Crippen LogP contribution in [0.4, 0.5) is 0 Å². The maximum absolute atomic E-state index is 3.66. The van der Waals surface area contributed by atoms with Gasteiger partial charge in [0.25, 0.3) is 0 Å². The van der Waals surface area contributed by atoms with Gasteiger partial charge < -0.3 is 15.1 Å². The smallest absolute Gasteiger partial charge is 0.0107 e. The first kappa shape index (κ1) is 22.9. The second-order valence-electron chi connectivity index (χ2n) is 8.84. The highest BCUT2D eigenvalue weighted by Gasteiger charge is 2.10. The average molecular weight is 328 g/mol. The van der Waals surface area contributed by atoms with Crippen LogP contribution >= 0.6 is 0 Å². The van der Waals surface area contributed by atoms with Crippen molar-refractivity contribution in [2.75, 3.05) is 52.4 Å². The third kappa shape index (κ3) is 15.2. The van der Waals surface area contributed by atoms with E-state index in [9.17, 15) is 0 Å². The summed E-state index contributed by atoms with van der Waals surface area (Å²) >= 11 is 0. The van der Waals surface area contributed by atoms with Gasteiger partial charge in [-0.1, -0.05) is 55.4 Å². The van der Waals surface area contributed by atoms with Gasteiger partial charge in [-0.3, -0.25) is 0 Å². The Morgan fingerprint density at radius 3 is 1.00 bits per heavy atom. The molecule has 23 heavy (non-hydrogen) atoms. The molecular formula is C20H45N3. The van der Waals surface area contributed by atoms with Crippen molar-refractivity contribution in [1.82, 2.24) is 15.1 Å². The van der Waals surface area contributed by atoms with Crippen LogP contribution in [0.25, 0.3) is 0 Å². The van der Waals surface area contributed by atoms with E-state index in [1.54, 1.807) is 0 Å². The third-order valence-electron chi connectivity index (χ3n) is 3.70. The van der Waals surface area contributed by atoms with Crippen molar-refractivity contribution in [3.05, 3.63) is 0 Å². The van der Waals surface area contributed by atoms with Crippen molar-refractivity contribution >= 4 is 0 Å². The van der Waals surface area contributed by atoms with Crippen LogP contribution in [-0.2, 0) is 0 Å². The molecule has 0 fully saturated rings. The molecule has 0 aliphatic rings. The Labute approximate surface area is 147 Å². The number of hydrogen-bond acceptors (Lipinski definition) is 3. The van der Waals surface area contributed by atoms with Gasteiger partial charge in [0.05, 0.1) is 0 Å². The van der Waals surface area contributed by atoms with E-state index in [0.717, 1.165) is 36.8 Å². The summed E-state index contributed by atoms with van der Waals surface area (Å²) in [6.45, 7) is 27.9. The van der Waals surface area contributed by atoms with Crippen molar-refractivity contribution in [3.8, 4) is 0 Å². The highest BCUT2D eigenvalue weighted by Crippen LogP contribution is 2.04. The van der Waals surface area contributed by atoms with Gasteiger partial charge in [0.1, 0.15) is 0 Å². The van der Waals surface area contributed by atoms with Crippen molar-refractivity contribution in [1.29, 1.82) is 0 Å². The molecule has 0 amide bonds. The highest BCUT2D eigenvalue weighted by atomic mass is 15.2. The van der Waals surface area contributed by atoms with Gasteiger partial charge >= 0.3 is 0 Å². The molecule has 3 nitrogen and oxygen atoms in total. The maximum Gasteiger partial charge on any atom is 0.0107 e. The average Bonchev–Trinajstić information content (AvgIpc) is 2.34. The summed E-state index contributed by atoms with van der Waals surface area (Å²) in [5.41, 5.74) is 0. The second kappa shape index (κ2) is 13.2. The number of nitrogens with zero attached hydrogens (tertiary/aromatic N) is 2. The topological polar surface area (TPSA) is 18.5 Å². The minimum Gasteiger partial charge on any atom is -0.314 e. The van der Waals surface area contributed by atoms with E-state index in [2.05, 4.69) is 70.5 Å². The van der Waals surface area contributed by atoms with E-state index in [4.69, 9.17) is 0 Å². The van der Waals surface area contributed by atoms with Gasteiger partial charge in [-0.15, -0.1) is 0 Å². The van der Waals surface area contributed by atoms with Crippen LogP contribution in [0.15, 0.2) is 0 Å². The summed E-state index contributed by atoms with van der Waals surface area (Å²) in [6.07, 6.45) is 0. The van der Waals surface area contributed by atoms with E-state index in [1.807, 2.05) is 0 Å². The Morgan fingerprint density at radius 2 is 0.783 bits per heavy atom. The normalized spacial score (nSPS) is 12.8. The first-order valence-electron chi connectivity index (χ1n) is 9.86. The molecular weight excluding hydrogens is 282 g/mol. The standard InChI is InChI=1S/C20H45N3/c1-17(2)13-22(14-18(3)4)11-9-21-10-12-23(15-19(5)6)16-20(7)8/h17-21H,9-16H2,1-8H3. The van der Waals surface area contributed by atoms with Crippen LogP contribution in [-0.4, -0.2) is 62.2 Å². The van der Waals surface area contributed by atoms with Crippen LogP contribution in [0, 0.1) is 23.7 Å². The largest absolute Gasteiger partial charge is 0.314 e. The molecule has 3 heteroatoms. The van der Waals surface area contributed by atoms with Crippen LogP contribution in [0.5, 0.6) is 0 Å². The van der Waals surface area contributed by atoms with Crippen molar-refractivity contribution in [2.24, 2.45) is 23.7 Å². The molecule has 1 N–H and O–H groups in total. The fraction of sp³-hybridized carbons (Fsp3) is 1.00. The van der Waals surface area contributed by atoms with Gasteiger partial charge in [-0.2, -0.15) is 0 Å². The second-order valence-corrected chi connectivity index (χ2v) is 8.84. The summed E-state index contributed by atoms with van der Waals surface area (Å²) in [5.74, 6) is 3.00. The van der Waals surface area contributed by atoms with E-state index < -0.39 is 0 Å². The molecule has 140 valence electrons. The summed E-state index contributed by atoms with van der Waals surface area (Å²) in [7, 11) is 0. The van der Waals surface area contributed by atoms with Gasteiger partial charge in [0, 0.05) is 52.4 Å². The number of nitrogens with one attached hydrogen (secondary N) is 1. The Bertz CT molecular complexity index is 216. The SMILES string of the molecule is CC(C)CN(CCNCCN(CC(C)C)CC(C)C)CC(C)C.